The first kappa shape index (κ1) is 21.9. The molecule has 4 aromatic heterocycles. The SMILES string of the molecule is CCS(=O)(=O)c1nn2c(NCCF)ccnc2c1-c1nc2cc(C(F)(F)F)cnc2n1C. The number of nitrogens with one attached hydrogen (secondary N) is 1. The van der Waals surface area contributed by atoms with Crippen molar-refractivity contribution in [2.24, 2.45) is 7.05 Å². The number of sulfone groups is 1. The second-order valence-electron chi connectivity index (χ2n) is 6.82. The van der Waals surface area contributed by atoms with Crippen LogP contribution >= 0.6 is 0 Å². The molecule has 0 aliphatic carbocycles. The van der Waals surface area contributed by atoms with Gasteiger partial charge in [0.1, 0.15) is 29.4 Å². The Kier molecular flexibility index (Phi) is 5.27. The molecule has 0 spiro atoms. The van der Waals surface area contributed by atoms with Crippen LogP contribution in [0.15, 0.2) is 29.6 Å². The molecule has 0 aliphatic rings. The van der Waals surface area contributed by atoms with E-state index >= 15 is 0 Å². The highest BCUT2D eigenvalue weighted by atomic mass is 32.2. The van der Waals surface area contributed by atoms with Gasteiger partial charge >= 0.3 is 6.18 Å². The molecule has 0 atom stereocenters. The summed E-state index contributed by atoms with van der Waals surface area (Å²) in [5.74, 6) is 0.0454. The van der Waals surface area contributed by atoms with Gasteiger partial charge in [0.25, 0.3) is 0 Å². The first-order chi connectivity index (χ1) is 15.1. The minimum absolute atomic E-state index is 0.0183. The molecule has 1 N–H and O–H groups in total. The van der Waals surface area contributed by atoms with Crippen molar-refractivity contribution in [1.29, 1.82) is 0 Å². The minimum atomic E-state index is -4.61. The summed E-state index contributed by atoms with van der Waals surface area (Å²) in [6.45, 7) is 0.724. The first-order valence-electron chi connectivity index (χ1n) is 9.39. The van der Waals surface area contributed by atoms with Gasteiger partial charge in [0.2, 0.25) is 0 Å². The van der Waals surface area contributed by atoms with Gasteiger partial charge in [-0.25, -0.2) is 27.8 Å². The predicted octanol–water partition coefficient (Wildman–Crippen LogP) is 2.87. The summed E-state index contributed by atoms with van der Waals surface area (Å²) in [4.78, 5) is 12.3. The number of halogens is 4. The van der Waals surface area contributed by atoms with E-state index in [4.69, 9.17) is 0 Å². The van der Waals surface area contributed by atoms with E-state index in [9.17, 15) is 26.0 Å². The number of fused-ring (bicyclic) bond motifs is 2. The quantitative estimate of drug-likeness (QED) is 0.431. The van der Waals surface area contributed by atoms with Gasteiger partial charge in [-0.2, -0.15) is 22.8 Å². The van der Waals surface area contributed by atoms with Gasteiger partial charge in [-0.1, -0.05) is 6.92 Å². The molecule has 0 radical (unpaired) electrons. The van der Waals surface area contributed by atoms with Gasteiger partial charge in [-0.05, 0) is 12.1 Å². The van der Waals surface area contributed by atoms with E-state index in [-0.39, 0.29) is 45.5 Å². The molecule has 4 aromatic rings. The van der Waals surface area contributed by atoms with Crippen LogP contribution in [0.2, 0.25) is 0 Å². The van der Waals surface area contributed by atoms with Crippen molar-refractivity contribution >= 4 is 32.5 Å². The van der Waals surface area contributed by atoms with Crippen LogP contribution in [0.4, 0.5) is 23.4 Å². The van der Waals surface area contributed by atoms with Crippen molar-refractivity contribution < 1.29 is 26.0 Å². The standard InChI is InChI=1S/C18H17F4N7O2S/c1-3-32(30,31)17-13(15-24-6-4-12(23-7-5-19)29(15)27-17)16-26-11-8-10(18(20,21)22)9-25-14(11)28(16)2/h4,6,8-9,23H,3,5,7H2,1-2H3. The molecule has 9 nitrogen and oxygen atoms in total. The van der Waals surface area contributed by atoms with Crippen LogP contribution in [0.1, 0.15) is 12.5 Å². The zero-order valence-electron chi connectivity index (χ0n) is 16.9. The number of nitrogens with zero attached hydrogens (tertiary/aromatic N) is 6. The van der Waals surface area contributed by atoms with Crippen molar-refractivity contribution in [2.45, 2.75) is 18.1 Å². The Labute approximate surface area is 179 Å². The van der Waals surface area contributed by atoms with Crippen molar-refractivity contribution in [2.75, 3.05) is 24.3 Å². The van der Waals surface area contributed by atoms with Gasteiger partial charge in [-0.3, -0.25) is 0 Å². The number of aryl methyl sites for hydroxylation is 1. The topological polar surface area (TPSA) is 107 Å². The smallest absolute Gasteiger partial charge is 0.367 e. The van der Waals surface area contributed by atoms with E-state index in [0.29, 0.717) is 12.0 Å². The van der Waals surface area contributed by atoms with E-state index in [0.717, 1.165) is 6.07 Å². The first-order valence-corrected chi connectivity index (χ1v) is 11.0. The summed E-state index contributed by atoms with van der Waals surface area (Å²) >= 11 is 0. The van der Waals surface area contributed by atoms with Gasteiger partial charge in [0, 0.05) is 26.0 Å². The van der Waals surface area contributed by atoms with Gasteiger partial charge in [-0.15, -0.1) is 0 Å². The summed E-state index contributed by atoms with van der Waals surface area (Å²) < 4.78 is 80.2. The molecule has 0 unspecified atom stereocenters. The van der Waals surface area contributed by atoms with Gasteiger partial charge in [0.15, 0.2) is 26.2 Å². The number of pyridine rings is 1. The number of aromatic nitrogens is 6. The molecule has 0 aliphatic heterocycles. The summed E-state index contributed by atoms with van der Waals surface area (Å²) in [6.07, 6.45) is -2.55. The van der Waals surface area contributed by atoms with Crippen LogP contribution in [0, 0.1) is 0 Å². The van der Waals surface area contributed by atoms with Crippen LogP contribution in [-0.2, 0) is 23.1 Å². The Morgan fingerprint density at radius 2 is 1.94 bits per heavy atom. The molecule has 14 heteroatoms. The molecule has 0 saturated heterocycles. The van der Waals surface area contributed by atoms with Crippen LogP contribution in [0.3, 0.4) is 0 Å². The fraction of sp³-hybridized carbons (Fsp3) is 0.333. The number of alkyl halides is 4. The highest BCUT2D eigenvalue weighted by molar-refractivity contribution is 7.91. The maximum atomic E-state index is 13.1. The lowest BCUT2D eigenvalue weighted by atomic mass is 10.2. The summed E-state index contributed by atoms with van der Waals surface area (Å²) in [6, 6.07) is 2.33. The molecular weight excluding hydrogens is 454 g/mol. The van der Waals surface area contributed by atoms with Gasteiger partial charge < -0.3 is 9.88 Å². The average molecular weight is 471 g/mol. The summed E-state index contributed by atoms with van der Waals surface area (Å²) in [7, 11) is -2.39. The molecule has 0 aromatic carbocycles. The molecule has 0 bridgehead atoms. The Morgan fingerprint density at radius 1 is 1.19 bits per heavy atom. The number of hydrogen-bond donors (Lipinski definition) is 1. The van der Waals surface area contributed by atoms with Crippen LogP contribution < -0.4 is 5.32 Å². The predicted molar refractivity (Wildman–Crippen MR) is 108 cm³/mol. The molecular formula is C18H17F4N7O2S. The third kappa shape index (κ3) is 3.53. The van der Waals surface area contributed by atoms with E-state index in [1.54, 1.807) is 0 Å². The van der Waals surface area contributed by atoms with E-state index < -0.39 is 28.3 Å². The molecule has 0 amide bonds. The highest BCUT2D eigenvalue weighted by Gasteiger charge is 2.33. The van der Waals surface area contributed by atoms with E-state index in [2.05, 4.69) is 25.4 Å². The number of anilines is 1. The van der Waals surface area contributed by atoms with Crippen LogP contribution in [0.25, 0.3) is 28.2 Å². The fourth-order valence-electron chi connectivity index (χ4n) is 3.24. The maximum Gasteiger partial charge on any atom is 0.417 e. The second-order valence-corrected chi connectivity index (χ2v) is 9.02. The molecule has 4 rings (SSSR count). The second kappa shape index (κ2) is 7.69. The summed E-state index contributed by atoms with van der Waals surface area (Å²) in [5.41, 5.74) is -0.811. The lowest BCUT2D eigenvalue weighted by Gasteiger charge is -2.06. The van der Waals surface area contributed by atoms with Crippen LogP contribution in [-0.4, -0.2) is 56.5 Å². The normalized spacial score (nSPS) is 12.7. The number of imidazole rings is 1. The zero-order chi connectivity index (χ0) is 23.3. The molecule has 170 valence electrons. The molecule has 0 saturated carbocycles. The third-order valence-corrected chi connectivity index (χ3v) is 6.46. The Hall–Kier alpha value is -3.29. The van der Waals surface area contributed by atoms with Gasteiger partial charge in [0.05, 0.1) is 11.3 Å². The molecule has 0 fully saturated rings. The average Bonchev–Trinajstić information content (AvgIpc) is 3.30. The minimum Gasteiger partial charge on any atom is -0.367 e. The Balaban J connectivity index is 2.04. The van der Waals surface area contributed by atoms with Crippen molar-refractivity contribution in [3.63, 3.8) is 0 Å². The number of hydrogen-bond acceptors (Lipinski definition) is 7. The Bertz CT molecular complexity index is 1430. The third-order valence-electron chi connectivity index (χ3n) is 4.82. The van der Waals surface area contributed by atoms with Crippen molar-refractivity contribution in [3.8, 4) is 11.4 Å². The zero-order valence-corrected chi connectivity index (χ0v) is 17.7. The lowest BCUT2D eigenvalue weighted by Crippen LogP contribution is -2.09. The largest absolute Gasteiger partial charge is 0.417 e. The fourth-order valence-corrected chi connectivity index (χ4v) is 4.21. The monoisotopic (exact) mass is 471 g/mol. The Morgan fingerprint density at radius 3 is 2.59 bits per heavy atom. The highest BCUT2D eigenvalue weighted by Crippen LogP contribution is 2.35. The van der Waals surface area contributed by atoms with Crippen molar-refractivity contribution in [3.05, 3.63) is 30.1 Å². The number of rotatable bonds is 6. The maximum absolute atomic E-state index is 13.1. The van der Waals surface area contributed by atoms with Crippen molar-refractivity contribution in [1.82, 2.24) is 29.1 Å². The lowest BCUT2D eigenvalue weighted by molar-refractivity contribution is -0.137. The molecule has 4 heterocycles. The summed E-state index contributed by atoms with van der Waals surface area (Å²) in [5, 5.41) is 6.63. The van der Waals surface area contributed by atoms with Crippen LogP contribution in [0.5, 0.6) is 0 Å². The molecule has 32 heavy (non-hydrogen) atoms. The van der Waals surface area contributed by atoms with E-state index in [1.807, 2.05) is 0 Å². The van der Waals surface area contributed by atoms with E-state index in [1.165, 1.54) is 35.3 Å².